The average Bonchev–Trinajstić information content (AvgIpc) is 2.34. The summed E-state index contributed by atoms with van der Waals surface area (Å²) >= 11 is 11.3. The molecular weight excluding hydrogens is 262 g/mol. The first-order valence-electron chi connectivity index (χ1n) is 4.62. The summed E-state index contributed by atoms with van der Waals surface area (Å²) in [6.45, 7) is 0. The van der Waals surface area contributed by atoms with Gasteiger partial charge in [0.05, 0.1) is 12.4 Å². The van der Waals surface area contributed by atoms with Crippen LogP contribution < -0.4 is 9.31 Å². The zero-order chi connectivity index (χ0) is 12.1. The van der Waals surface area contributed by atoms with Crippen molar-refractivity contribution in [2.75, 3.05) is 0 Å². The molecule has 0 saturated heterocycles. The van der Waals surface area contributed by atoms with Crippen LogP contribution in [0.1, 0.15) is 0 Å². The van der Waals surface area contributed by atoms with Gasteiger partial charge in [-0.2, -0.15) is 0 Å². The first kappa shape index (κ1) is 12.0. The summed E-state index contributed by atoms with van der Waals surface area (Å²) in [4.78, 5) is 7.70. The predicted molar refractivity (Wildman–Crippen MR) is 65.5 cm³/mol. The van der Waals surface area contributed by atoms with E-state index < -0.39 is 0 Å². The van der Waals surface area contributed by atoms with Crippen molar-refractivity contribution < 1.29 is 9.31 Å². The van der Waals surface area contributed by atoms with Gasteiger partial charge in [-0.1, -0.05) is 23.2 Å². The molecule has 0 N–H and O–H groups in total. The minimum absolute atomic E-state index is 0.403. The van der Waals surface area contributed by atoms with Crippen LogP contribution in [0.25, 0.3) is 0 Å². The monoisotopic (exact) mass is 267 g/mol. The molecule has 0 bridgehead atoms. The summed E-state index contributed by atoms with van der Waals surface area (Å²) in [5.74, 6) is 1.05. The molecule has 4 nitrogen and oxygen atoms in total. The van der Waals surface area contributed by atoms with E-state index in [1.165, 1.54) is 20.1 Å². The van der Waals surface area contributed by atoms with Crippen LogP contribution in [-0.2, 0) is 0 Å². The molecule has 0 saturated carbocycles. The summed E-state index contributed by atoms with van der Waals surface area (Å²) in [6.07, 6.45) is 2.98. The van der Waals surface area contributed by atoms with Crippen LogP contribution in [0.2, 0.25) is 10.3 Å². The smallest absolute Gasteiger partial charge is 0.525 e. The number of nitrogens with zero attached hydrogens (tertiary/aromatic N) is 2. The van der Waals surface area contributed by atoms with Crippen molar-refractivity contribution in [3.8, 4) is 11.5 Å². The number of hydrogen-bond acceptors (Lipinski definition) is 4. The molecule has 7 heteroatoms. The molecule has 2 rings (SSSR count). The van der Waals surface area contributed by atoms with E-state index in [4.69, 9.17) is 32.5 Å². The van der Waals surface area contributed by atoms with Gasteiger partial charge in [-0.15, -0.1) is 0 Å². The zero-order valence-corrected chi connectivity index (χ0v) is 10.0. The van der Waals surface area contributed by atoms with Crippen LogP contribution in [-0.4, -0.2) is 17.7 Å². The van der Waals surface area contributed by atoms with Crippen molar-refractivity contribution in [3.63, 3.8) is 0 Å². The summed E-state index contributed by atoms with van der Waals surface area (Å²) in [7, 11) is 1.18. The molecule has 85 valence electrons. The van der Waals surface area contributed by atoms with E-state index in [0.29, 0.717) is 21.8 Å². The maximum atomic E-state index is 5.63. The molecule has 0 fully saturated rings. The van der Waals surface area contributed by atoms with Crippen LogP contribution in [0.15, 0.2) is 36.7 Å². The molecule has 0 unspecified atom stereocenters. The van der Waals surface area contributed by atoms with Gasteiger partial charge >= 0.3 is 7.69 Å². The summed E-state index contributed by atoms with van der Waals surface area (Å²) in [5.41, 5.74) is 0. The quantitative estimate of drug-likeness (QED) is 0.631. The second kappa shape index (κ2) is 5.75. The van der Waals surface area contributed by atoms with Gasteiger partial charge in [-0.25, -0.2) is 9.97 Å². The van der Waals surface area contributed by atoms with Crippen molar-refractivity contribution in [1.82, 2.24) is 9.97 Å². The lowest BCUT2D eigenvalue weighted by atomic mass is 10.3. The molecule has 2 aromatic heterocycles. The van der Waals surface area contributed by atoms with Gasteiger partial charge < -0.3 is 9.31 Å². The number of halogens is 2. The highest BCUT2D eigenvalue weighted by molar-refractivity contribution is 6.29. The van der Waals surface area contributed by atoms with Crippen molar-refractivity contribution in [2.24, 2.45) is 0 Å². The molecule has 0 atom stereocenters. The summed E-state index contributed by atoms with van der Waals surface area (Å²) in [6, 6.07) is 6.59. The minimum Gasteiger partial charge on any atom is -0.525 e. The Bertz CT molecular complexity index is 433. The Morgan fingerprint density at radius 2 is 1.29 bits per heavy atom. The summed E-state index contributed by atoms with van der Waals surface area (Å²) < 4.78 is 10.3. The molecule has 0 spiro atoms. The number of hydrogen-bond donors (Lipinski definition) is 0. The number of pyridine rings is 2. The Labute approximate surface area is 109 Å². The highest BCUT2D eigenvalue weighted by Gasteiger charge is 2.02. The lowest BCUT2D eigenvalue weighted by Gasteiger charge is -2.05. The van der Waals surface area contributed by atoms with E-state index in [2.05, 4.69) is 9.97 Å². The first-order chi connectivity index (χ1) is 8.24. The van der Waals surface area contributed by atoms with Crippen LogP contribution in [0.5, 0.6) is 11.5 Å². The number of rotatable bonds is 4. The maximum Gasteiger partial charge on any atom is 0.658 e. The molecule has 1 radical (unpaired) electrons. The lowest BCUT2D eigenvalue weighted by molar-refractivity contribution is 0.456. The molecule has 0 amide bonds. The van der Waals surface area contributed by atoms with Gasteiger partial charge in [0.15, 0.2) is 0 Å². The highest BCUT2D eigenvalue weighted by Crippen LogP contribution is 2.14. The molecule has 2 heterocycles. The number of aromatic nitrogens is 2. The standard InChI is InChI=1S/C10H6BCl2N2O2/c12-9-3-1-7(5-14-9)16-11-17-8-2-4-10(13)15-6-8/h1-6H. The lowest BCUT2D eigenvalue weighted by Crippen LogP contribution is -2.11. The van der Waals surface area contributed by atoms with Gasteiger partial charge in [0.1, 0.15) is 21.8 Å². The molecule has 2 aromatic rings. The van der Waals surface area contributed by atoms with Crippen LogP contribution >= 0.6 is 23.2 Å². The van der Waals surface area contributed by atoms with Crippen molar-refractivity contribution in [2.45, 2.75) is 0 Å². The average molecular weight is 268 g/mol. The Hall–Kier alpha value is -1.46. The Morgan fingerprint density at radius 1 is 0.824 bits per heavy atom. The Balaban J connectivity index is 1.83. The van der Waals surface area contributed by atoms with E-state index in [9.17, 15) is 0 Å². The molecule has 17 heavy (non-hydrogen) atoms. The van der Waals surface area contributed by atoms with Crippen LogP contribution in [0.4, 0.5) is 0 Å². The van der Waals surface area contributed by atoms with E-state index in [1.54, 1.807) is 24.3 Å². The van der Waals surface area contributed by atoms with Gasteiger partial charge in [0.25, 0.3) is 0 Å². The minimum atomic E-state index is 0.403. The van der Waals surface area contributed by atoms with Gasteiger partial charge in [0, 0.05) is 0 Å². The van der Waals surface area contributed by atoms with Crippen LogP contribution in [0, 0.1) is 0 Å². The molecule has 0 aliphatic carbocycles. The second-order valence-electron chi connectivity index (χ2n) is 2.97. The largest absolute Gasteiger partial charge is 0.658 e. The third kappa shape index (κ3) is 3.80. The van der Waals surface area contributed by atoms with Gasteiger partial charge in [-0.05, 0) is 24.3 Å². The van der Waals surface area contributed by atoms with Crippen molar-refractivity contribution in [1.29, 1.82) is 0 Å². The zero-order valence-electron chi connectivity index (χ0n) is 8.51. The molecule has 0 aromatic carbocycles. The van der Waals surface area contributed by atoms with Gasteiger partial charge in [0.2, 0.25) is 0 Å². The Morgan fingerprint density at radius 3 is 1.65 bits per heavy atom. The van der Waals surface area contributed by atoms with Crippen molar-refractivity contribution >= 4 is 30.9 Å². The molecular formula is C10H6BCl2N2O2. The maximum absolute atomic E-state index is 5.63. The van der Waals surface area contributed by atoms with E-state index in [0.717, 1.165) is 0 Å². The van der Waals surface area contributed by atoms with E-state index in [-0.39, 0.29) is 0 Å². The third-order valence-corrected chi connectivity index (χ3v) is 2.22. The second-order valence-corrected chi connectivity index (χ2v) is 3.74. The predicted octanol–water partition coefficient (Wildman–Crippen LogP) is 2.78. The molecule has 0 aliphatic heterocycles. The Kier molecular flexibility index (Phi) is 4.06. The van der Waals surface area contributed by atoms with E-state index in [1.807, 2.05) is 0 Å². The highest BCUT2D eigenvalue weighted by atomic mass is 35.5. The summed E-state index contributed by atoms with van der Waals surface area (Å²) in [5, 5.41) is 0.806. The van der Waals surface area contributed by atoms with E-state index >= 15 is 0 Å². The third-order valence-electron chi connectivity index (χ3n) is 1.77. The molecule has 0 aliphatic rings. The fourth-order valence-corrected chi connectivity index (χ4v) is 1.22. The van der Waals surface area contributed by atoms with Crippen LogP contribution in [0.3, 0.4) is 0 Å². The van der Waals surface area contributed by atoms with Crippen molar-refractivity contribution in [3.05, 3.63) is 47.0 Å². The SMILES string of the molecule is Clc1ccc(O[B]Oc2ccc(Cl)nc2)cn1. The first-order valence-corrected chi connectivity index (χ1v) is 5.38. The fraction of sp³-hybridized carbons (Fsp3) is 0. The normalized spacial score (nSPS) is 9.76. The topological polar surface area (TPSA) is 44.2 Å². The van der Waals surface area contributed by atoms with Gasteiger partial charge in [-0.3, -0.25) is 0 Å². The fourth-order valence-electron chi connectivity index (χ4n) is 0.999.